The number of allylic oxidation sites excluding steroid dienone is 1. The molecule has 130 valence electrons. The molecule has 1 unspecified atom stereocenters. The van der Waals surface area contributed by atoms with Gasteiger partial charge in [-0.15, -0.1) is 0 Å². The number of rotatable bonds is 5. The van der Waals surface area contributed by atoms with E-state index in [9.17, 15) is 4.79 Å². The Bertz CT molecular complexity index is 685. The average Bonchev–Trinajstić information content (AvgIpc) is 2.53. The largest absolute Gasteiger partial charge is 0.493 e. The SMILES string of the molecule is COC(=O)C1=C(C)NC(=S)NC1c1cccc(OC)c1OC(C)C. The maximum Gasteiger partial charge on any atom is 0.337 e. The van der Waals surface area contributed by atoms with Crippen LogP contribution in [0.4, 0.5) is 0 Å². The highest BCUT2D eigenvalue weighted by Crippen LogP contribution is 2.39. The molecule has 0 amide bonds. The number of para-hydroxylation sites is 1. The molecule has 24 heavy (non-hydrogen) atoms. The number of ether oxygens (including phenoxy) is 3. The highest BCUT2D eigenvalue weighted by Gasteiger charge is 2.33. The number of carbonyl (C=O) groups is 1. The first-order chi connectivity index (χ1) is 11.4. The van der Waals surface area contributed by atoms with Crippen molar-refractivity contribution in [2.75, 3.05) is 14.2 Å². The molecule has 0 aromatic heterocycles. The summed E-state index contributed by atoms with van der Waals surface area (Å²) < 4.78 is 16.3. The standard InChI is InChI=1S/C17H22N2O4S/c1-9(2)23-15-11(7-6-8-12(15)21-4)14-13(16(20)22-5)10(3)18-17(24)19-14/h6-9,14H,1-5H3,(H2,18,19,24). The molecule has 0 fully saturated rings. The van der Waals surface area contributed by atoms with Gasteiger partial charge in [0.15, 0.2) is 16.6 Å². The summed E-state index contributed by atoms with van der Waals surface area (Å²) in [6.07, 6.45) is -0.0552. The molecule has 1 aliphatic rings. The van der Waals surface area contributed by atoms with Gasteiger partial charge in [0.1, 0.15) is 0 Å². The first-order valence-corrected chi connectivity index (χ1v) is 8.00. The molecular formula is C17H22N2O4S. The highest BCUT2D eigenvalue weighted by molar-refractivity contribution is 7.80. The monoisotopic (exact) mass is 350 g/mol. The van der Waals surface area contributed by atoms with Gasteiger partial charge in [0, 0.05) is 11.3 Å². The average molecular weight is 350 g/mol. The molecule has 0 saturated heterocycles. The van der Waals surface area contributed by atoms with Crippen LogP contribution in [0.3, 0.4) is 0 Å². The van der Waals surface area contributed by atoms with Gasteiger partial charge < -0.3 is 24.8 Å². The summed E-state index contributed by atoms with van der Waals surface area (Å²) in [7, 11) is 2.93. The van der Waals surface area contributed by atoms with E-state index >= 15 is 0 Å². The zero-order chi connectivity index (χ0) is 17.9. The van der Waals surface area contributed by atoms with E-state index in [4.69, 9.17) is 26.4 Å². The number of esters is 1. The summed E-state index contributed by atoms with van der Waals surface area (Å²) in [5, 5.41) is 6.51. The second kappa shape index (κ2) is 7.53. The minimum Gasteiger partial charge on any atom is -0.493 e. The summed E-state index contributed by atoms with van der Waals surface area (Å²) in [5.74, 6) is 0.735. The third-order valence-electron chi connectivity index (χ3n) is 3.57. The Morgan fingerprint density at radius 2 is 2.00 bits per heavy atom. The molecule has 1 heterocycles. The van der Waals surface area contributed by atoms with Crippen LogP contribution in [-0.4, -0.2) is 31.4 Å². The van der Waals surface area contributed by atoms with E-state index in [1.54, 1.807) is 14.0 Å². The quantitative estimate of drug-likeness (QED) is 0.624. The van der Waals surface area contributed by atoms with Crippen LogP contribution in [0.15, 0.2) is 29.5 Å². The number of methoxy groups -OCH3 is 2. The van der Waals surface area contributed by atoms with Gasteiger partial charge in [-0.2, -0.15) is 0 Å². The molecule has 2 rings (SSSR count). The van der Waals surface area contributed by atoms with Crippen LogP contribution in [0, 0.1) is 0 Å². The number of hydrogen-bond acceptors (Lipinski definition) is 5. The minimum atomic E-state index is -0.491. The Hall–Kier alpha value is -2.28. The Balaban J connectivity index is 2.61. The summed E-state index contributed by atoms with van der Waals surface area (Å²) in [4.78, 5) is 12.3. The van der Waals surface area contributed by atoms with Crippen molar-refractivity contribution in [2.24, 2.45) is 0 Å². The minimum absolute atomic E-state index is 0.0552. The van der Waals surface area contributed by atoms with Gasteiger partial charge >= 0.3 is 5.97 Å². The smallest absolute Gasteiger partial charge is 0.337 e. The van der Waals surface area contributed by atoms with E-state index in [1.165, 1.54) is 7.11 Å². The van der Waals surface area contributed by atoms with Crippen molar-refractivity contribution >= 4 is 23.3 Å². The van der Waals surface area contributed by atoms with Crippen LogP contribution in [0.1, 0.15) is 32.4 Å². The number of hydrogen-bond donors (Lipinski definition) is 2. The van der Waals surface area contributed by atoms with Crippen molar-refractivity contribution < 1.29 is 19.0 Å². The summed E-state index contributed by atoms with van der Waals surface area (Å²) in [6, 6.07) is 5.05. The summed E-state index contributed by atoms with van der Waals surface area (Å²) in [6.45, 7) is 5.65. The van der Waals surface area contributed by atoms with Gasteiger partial charge in [-0.1, -0.05) is 12.1 Å². The van der Waals surface area contributed by atoms with Crippen molar-refractivity contribution in [3.05, 3.63) is 35.0 Å². The molecular weight excluding hydrogens is 328 g/mol. The zero-order valence-corrected chi connectivity index (χ0v) is 15.2. The van der Waals surface area contributed by atoms with Gasteiger partial charge in [0.2, 0.25) is 0 Å². The Morgan fingerprint density at radius 1 is 1.29 bits per heavy atom. The van der Waals surface area contributed by atoms with Crippen LogP contribution in [0.25, 0.3) is 0 Å². The molecule has 1 atom stereocenters. The Morgan fingerprint density at radius 3 is 2.58 bits per heavy atom. The molecule has 0 radical (unpaired) electrons. The van der Waals surface area contributed by atoms with Crippen LogP contribution in [0.5, 0.6) is 11.5 Å². The fourth-order valence-corrected chi connectivity index (χ4v) is 2.86. The third kappa shape index (κ3) is 3.62. The molecule has 0 saturated carbocycles. The topological polar surface area (TPSA) is 68.8 Å². The first-order valence-electron chi connectivity index (χ1n) is 7.59. The van der Waals surface area contributed by atoms with Gasteiger partial charge in [0.25, 0.3) is 0 Å². The van der Waals surface area contributed by atoms with E-state index in [-0.39, 0.29) is 6.10 Å². The molecule has 1 aromatic carbocycles. The predicted octanol–water partition coefficient (Wildman–Crippen LogP) is 2.45. The van der Waals surface area contributed by atoms with Gasteiger partial charge in [-0.25, -0.2) is 4.79 Å². The van der Waals surface area contributed by atoms with E-state index < -0.39 is 12.0 Å². The van der Waals surface area contributed by atoms with E-state index in [2.05, 4.69) is 10.6 Å². The molecule has 7 heteroatoms. The number of carbonyl (C=O) groups excluding carboxylic acids is 1. The molecule has 0 aliphatic carbocycles. The lowest BCUT2D eigenvalue weighted by molar-refractivity contribution is -0.136. The van der Waals surface area contributed by atoms with Crippen LogP contribution >= 0.6 is 12.2 Å². The fraction of sp³-hybridized carbons (Fsp3) is 0.412. The van der Waals surface area contributed by atoms with Gasteiger partial charge in [0.05, 0.1) is 31.9 Å². The maximum atomic E-state index is 12.3. The number of thiocarbonyl (C=S) groups is 1. The van der Waals surface area contributed by atoms with Gasteiger partial charge in [-0.3, -0.25) is 0 Å². The number of nitrogens with one attached hydrogen (secondary N) is 2. The maximum absolute atomic E-state index is 12.3. The van der Waals surface area contributed by atoms with Crippen LogP contribution < -0.4 is 20.1 Å². The molecule has 0 bridgehead atoms. The normalized spacial score (nSPS) is 17.2. The second-order valence-corrected chi connectivity index (χ2v) is 6.02. The Labute approximate surface area is 147 Å². The summed E-state index contributed by atoms with van der Waals surface area (Å²) in [5.41, 5.74) is 1.86. The lowest BCUT2D eigenvalue weighted by Crippen LogP contribution is -2.45. The van der Waals surface area contributed by atoms with Crippen molar-refractivity contribution in [1.29, 1.82) is 0 Å². The lowest BCUT2D eigenvalue weighted by atomic mass is 9.94. The van der Waals surface area contributed by atoms with E-state index in [1.807, 2.05) is 32.0 Å². The highest BCUT2D eigenvalue weighted by atomic mass is 32.1. The predicted molar refractivity (Wildman–Crippen MR) is 95.1 cm³/mol. The van der Waals surface area contributed by atoms with Crippen molar-refractivity contribution in [2.45, 2.75) is 32.9 Å². The van der Waals surface area contributed by atoms with Crippen molar-refractivity contribution in [3.8, 4) is 11.5 Å². The summed E-state index contributed by atoms with van der Waals surface area (Å²) >= 11 is 5.25. The number of benzene rings is 1. The molecule has 1 aromatic rings. The van der Waals surface area contributed by atoms with Gasteiger partial charge in [-0.05, 0) is 39.1 Å². The lowest BCUT2D eigenvalue weighted by Gasteiger charge is -2.31. The first kappa shape index (κ1) is 18.1. The molecule has 1 aliphatic heterocycles. The van der Waals surface area contributed by atoms with Crippen LogP contribution in [-0.2, 0) is 9.53 Å². The van der Waals surface area contributed by atoms with Crippen LogP contribution in [0.2, 0.25) is 0 Å². The zero-order valence-electron chi connectivity index (χ0n) is 14.4. The molecule has 6 nitrogen and oxygen atoms in total. The molecule has 0 spiro atoms. The van der Waals surface area contributed by atoms with Crippen molar-refractivity contribution in [1.82, 2.24) is 10.6 Å². The van der Waals surface area contributed by atoms with Crippen molar-refractivity contribution in [3.63, 3.8) is 0 Å². The second-order valence-electron chi connectivity index (χ2n) is 5.61. The van der Waals surface area contributed by atoms with E-state index in [0.717, 1.165) is 5.56 Å². The molecule has 2 N–H and O–H groups in total. The Kier molecular flexibility index (Phi) is 5.66. The van der Waals surface area contributed by atoms with E-state index in [0.29, 0.717) is 27.9 Å². The third-order valence-corrected chi connectivity index (χ3v) is 3.79. The fourth-order valence-electron chi connectivity index (χ4n) is 2.59.